The third kappa shape index (κ3) is 1.76. The number of anilines is 1. The molecule has 0 saturated heterocycles. The Kier molecular flexibility index (Phi) is 2.14. The summed E-state index contributed by atoms with van der Waals surface area (Å²) in [6.45, 7) is 0.139. The van der Waals surface area contributed by atoms with Crippen LogP contribution in [0.2, 0.25) is 5.02 Å². The summed E-state index contributed by atoms with van der Waals surface area (Å²) in [6, 6.07) is 3.57. The minimum absolute atomic E-state index is 0.139. The van der Waals surface area contributed by atoms with E-state index >= 15 is 0 Å². The largest absolute Gasteiger partial charge is 0.394 e. The third-order valence-corrected chi connectivity index (χ3v) is 2.60. The fourth-order valence-electron chi connectivity index (χ4n) is 1.20. The lowest BCUT2D eigenvalue weighted by Crippen LogP contribution is -2.26. The van der Waals surface area contributed by atoms with Gasteiger partial charge >= 0.3 is 0 Å². The Morgan fingerprint density at radius 1 is 1.62 bits per heavy atom. The molecule has 0 spiro atoms. The normalized spacial score (nSPS) is 18.3. The Hall–Kier alpha value is -0.800. The van der Waals surface area contributed by atoms with Gasteiger partial charge in [-0.1, -0.05) is 11.6 Å². The van der Waals surface area contributed by atoms with Crippen molar-refractivity contribution in [3.63, 3.8) is 0 Å². The highest BCUT2D eigenvalue weighted by atomic mass is 35.5. The standard InChI is InChI=1S/C9H11ClN2O/c10-7-2-1-5-11-8(7)12-9(6-13)3-4-9/h1-2,5,13H,3-4,6H2,(H,11,12). The molecule has 1 aliphatic carbocycles. The molecule has 2 rings (SSSR count). The van der Waals surface area contributed by atoms with Crippen molar-refractivity contribution in [1.82, 2.24) is 4.98 Å². The number of rotatable bonds is 3. The fraction of sp³-hybridized carbons (Fsp3) is 0.444. The van der Waals surface area contributed by atoms with Gasteiger partial charge in [0.2, 0.25) is 0 Å². The summed E-state index contributed by atoms with van der Waals surface area (Å²) in [4.78, 5) is 4.10. The van der Waals surface area contributed by atoms with E-state index in [1.165, 1.54) is 0 Å². The Bertz CT molecular complexity index is 312. The summed E-state index contributed by atoms with van der Waals surface area (Å²) in [7, 11) is 0. The molecule has 0 bridgehead atoms. The first-order valence-corrected chi connectivity index (χ1v) is 4.63. The van der Waals surface area contributed by atoms with Crippen molar-refractivity contribution in [2.24, 2.45) is 0 Å². The van der Waals surface area contributed by atoms with Crippen molar-refractivity contribution in [1.29, 1.82) is 0 Å². The second-order valence-corrected chi connectivity index (χ2v) is 3.80. The first-order valence-electron chi connectivity index (χ1n) is 4.25. The minimum Gasteiger partial charge on any atom is -0.394 e. The monoisotopic (exact) mass is 198 g/mol. The van der Waals surface area contributed by atoms with Crippen molar-refractivity contribution < 1.29 is 5.11 Å². The van der Waals surface area contributed by atoms with E-state index in [1.54, 1.807) is 18.3 Å². The maximum atomic E-state index is 9.08. The molecule has 0 aliphatic heterocycles. The van der Waals surface area contributed by atoms with Crippen LogP contribution in [0.3, 0.4) is 0 Å². The Labute approximate surface area is 81.8 Å². The van der Waals surface area contributed by atoms with Crippen LogP contribution >= 0.6 is 11.6 Å². The fourth-order valence-corrected chi connectivity index (χ4v) is 1.37. The van der Waals surface area contributed by atoms with E-state index in [1.807, 2.05) is 0 Å². The SMILES string of the molecule is OCC1(Nc2ncccc2Cl)CC1. The van der Waals surface area contributed by atoms with Gasteiger partial charge in [-0.05, 0) is 25.0 Å². The van der Waals surface area contributed by atoms with Gasteiger partial charge in [0.1, 0.15) is 5.82 Å². The van der Waals surface area contributed by atoms with Crippen LogP contribution < -0.4 is 5.32 Å². The maximum absolute atomic E-state index is 9.08. The molecule has 0 atom stereocenters. The van der Waals surface area contributed by atoms with E-state index in [0.29, 0.717) is 10.8 Å². The zero-order valence-electron chi connectivity index (χ0n) is 7.13. The summed E-state index contributed by atoms with van der Waals surface area (Å²) in [5.41, 5.74) is -0.155. The van der Waals surface area contributed by atoms with E-state index in [4.69, 9.17) is 16.7 Å². The van der Waals surface area contributed by atoms with E-state index in [-0.39, 0.29) is 12.1 Å². The predicted molar refractivity (Wildman–Crippen MR) is 51.9 cm³/mol. The number of pyridine rings is 1. The lowest BCUT2D eigenvalue weighted by molar-refractivity contribution is 0.266. The molecular weight excluding hydrogens is 188 g/mol. The van der Waals surface area contributed by atoms with Gasteiger partial charge in [0.25, 0.3) is 0 Å². The van der Waals surface area contributed by atoms with E-state index in [2.05, 4.69) is 10.3 Å². The van der Waals surface area contributed by atoms with Gasteiger partial charge < -0.3 is 10.4 Å². The molecule has 1 aromatic rings. The average Bonchev–Trinajstić information content (AvgIpc) is 2.90. The number of nitrogens with zero attached hydrogens (tertiary/aromatic N) is 1. The Balaban J connectivity index is 2.14. The van der Waals surface area contributed by atoms with Crippen LogP contribution in [0.25, 0.3) is 0 Å². The van der Waals surface area contributed by atoms with Crippen molar-refractivity contribution >= 4 is 17.4 Å². The number of aliphatic hydroxyl groups is 1. The second-order valence-electron chi connectivity index (χ2n) is 3.40. The van der Waals surface area contributed by atoms with Gasteiger partial charge in [-0.3, -0.25) is 0 Å². The van der Waals surface area contributed by atoms with Gasteiger partial charge in [0.05, 0.1) is 17.2 Å². The summed E-state index contributed by atoms with van der Waals surface area (Å²) in [5, 5.41) is 12.8. The highest BCUT2D eigenvalue weighted by molar-refractivity contribution is 6.32. The zero-order valence-corrected chi connectivity index (χ0v) is 7.88. The highest BCUT2D eigenvalue weighted by Gasteiger charge is 2.42. The highest BCUT2D eigenvalue weighted by Crippen LogP contribution is 2.39. The molecule has 0 amide bonds. The summed E-state index contributed by atoms with van der Waals surface area (Å²) >= 11 is 5.91. The molecule has 3 nitrogen and oxygen atoms in total. The van der Waals surface area contributed by atoms with Gasteiger partial charge in [0.15, 0.2) is 0 Å². The molecule has 1 aliphatic rings. The topological polar surface area (TPSA) is 45.1 Å². The molecule has 4 heteroatoms. The molecule has 70 valence electrons. The van der Waals surface area contributed by atoms with E-state index < -0.39 is 0 Å². The van der Waals surface area contributed by atoms with Gasteiger partial charge in [-0.2, -0.15) is 0 Å². The molecule has 1 aromatic heterocycles. The summed E-state index contributed by atoms with van der Waals surface area (Å²) in [5.74, 6) is 0.663. The zero-order chi connectivity index (χ0) is 9.31. The van der Waals surface area contributed by atoms with Gasteiger partial charge in [-0.25, -0.2) is 4.98 Å². The van der Waals surface area contributed by atoms with E-state index in [0.717, 1.165) is 12.8 Å². The Morgan fingerprint density at radius 3 is 2.92 bits per heavy atom. The first kappa shape index (κ1) is 8.78. The smallest absolute Gasteiger partial charge is 0.145 e. The van der Waals surface area contributed by atoms with Crippen molar-refractivity contribution in [3.05, 3.63) is 23.4 Å². The lowest BCUT2D eigenvalue weighted by atomic mass is 10.3. The summed E-state index contributed by atoms with van der Waals surface area (Å²) in [6.07, 6.45) is 3.65. The molecule has 1 saturated carbocycles. The second kappa shape index (κ2) is 3.16. The number of hydrogen-bond donors (Lipinski definition) is 2. The predicted octanol–water partition coefficient (Wildman–Crippen LogP) is 1.67. The Morgan fingerprint density at radius 2 is 2.38 bits per heavy atom. The minimum atomic E-state index is -0.155. The molecule has 0 radical (unpaired) electrons. The molecule has 0 aromatic carbocycles. The quantitative estimate of drug-likeness (QED) is 0.777. The van der Waals surface area contributed by atoms with Gasteiger partial charge in [-0.15, -0.1) is 0 Å². The molecule has 13 heavy (non-hydrogen) atoms. The van der Waals surface area contributed by atoms with Gasteiger partial charge in [0, 0.05) is 6.20 Å². The van der Waals surface area contributed by atoms with Crippen LogP contribution in [-0.2, 0) is 0 Å². The number of halogens is 1. The lowest BCUT2D eigenvalue weighted by Gasteiger charge is -2.15. The van der Waals surface area contributed by atoms with Crippen LogP contribution in [-0.4, -0.2) is 22.2 Å². The number of hydrogen-bond acceptors (Lipinski definition) is 3. The number of aromatic nitrogens is 1. The first-order chi connectivity index (χ1) is 6.26. The molecule has 1 fully saturated rings. The van der Waals surface area contributed by atoms with Crippen LogP contribution in [0, 0.1) is 0 Å². The maximum Gasteiger partial charge on any atom is 0.145 e. The van der Waals surface area contributed by atoms with Crippen molar-refractivity contribution in [2.75, 3.05) is 11.9 Å². The van der Waals surface area contributed by atoms with Crippen LogP contribution in [0.4, 0.5) is 5.82 Å². The molecule has 2 N–H and O–H groups in total. The van der Waals surface area contributed by atoms with Crippen LogP contribution in [0.5, 0.6) is 0 Å². The molecular formula is C9H11ClN2O. The van der Waals surface area contributed by atoms with Crippen LogP contribution in [0.1, 0.15) is 12.8 Å². The third-order valence-electron chi connectivity index (χ3n) is 2.30. The molecule has 1 heterocycles. The molecule has 0 unspecified atom stereocenters. The average molecular weight is 199 g/mol. The van der Waals surface area contributed by atoms with Crippen molar-refractivity contribution in [2.45, 2.75) is 18.4 Å². The van der Waals surface area contributed by atoms with Crippen LogP contribution in [0.15, 0.2) is 18.3 Å². The van der Waals surface area contributed by atoms with Crippen molar-refractivity contribution in [3.8, 4) is 0 Å². The summed E-state index contributed by atoms with van der Waals surface area (Å²) < 4.78 is 0. The number of aliphatic hydroxyl groups excluding tert-OH is 1. The number of nitrogens with one attached hydrogen (secondary N) is 1. The van der Waals surface area contributed by atoms with E-state index in [9.17, 15) is 0 Å².